The molecule has 36 heavy (non-hydrogen) atoms. The Hall–Kier alpha value is -3.16. The van der Waals surface area contributed by atoms with Crippen LogP contribution in [0.2, 0.25) is 0 Å². The Morgan fingerprint density at radius 1 is 1.25 bits per heavy atom. The van der Waals surface area contributed by atoms with Crippen LogP contribution in [0.15, 0.2) is 71.8 Å². The Bertz CT molecular complexity index is 1420. The Balaban J connectivity index is 2.05. The summed E-state index contributed by atoms with van der Waals surface area (Å²) in [5.41, 5.74) is -0.871. The van der Waals surface area contributed by atoms with E-state index in [1.54, 1.807) is 18.4 Å². The van der Waals surface area contributed by atoms with Gasteiger partial charge in [0.15, 0.2) is 15.7 Å². The van der Waals surface area contributed by atoms with E-state index in [0.29, 0.717) is 10.6 Å². The molecule has 0 bridgehead atoms. The topological polar surface area (TPSA) is 105 Å². The molecule has 0 spiro atoms. The van der Waals surface area contributed by atoms with E-state index in [2.05, 4.69) is 21.3 Å². The zero-order chi connectivity index (χ0) is 26.5. The van der Waals surface area contributed by atoms with Gasteiger partial charge in [-0.25, -0.2) is 13.4 Å². The van der Waals surface area contributed by atoms with Gasteiger partial charge in [-0.3, -0.25) is 5.41 Å². The second kappa shape index (κ2) is 11.3. The molecule has 190 valence electrons. The lowest BCUT2D eigenvalue weighted by Crippen LogP contribution is -2.12. The molecule has 0 aliphatic heterocycles. The van der Waals surface area contributed by atoms with Crippen LogP contribution in [-0.2, 0) is 20.8 Å². The summed E-state index contributed by atoms with van der Waals surface area (Å²) in [6.07, 6.45) is -0.514. The number of anilines is 1. The summed E-state index contributed by atoms with van der Waals surface area (Å²) in [5, 5.41) is 11.3. The summed E-state index contributed by atoms with van der Waals surface area (Å²) in [7, 11) is -3.46. The van der Waals surface area contributed by atoms with Crippen molar-refractivity contribution in [2.24, 2.45) is 0 Å². The van der Waals surface area contributed by atoms with Crippen LogP contribution in [0.5, 0.6) is 0 Å². The number of halogens is 3. The lowest BCUT2D eigenvalue weighted by atomic mass is 10.1. The molecule has 1 heterocycles. The fraction of sp³-hybridized carbons (Fsp3) is 0.174. The maximum absolute atomic E-state index is 13.6. The van der Waals surface area contributed by atoms with Crippen molar-refractivity contribution >= 4 is 50.2 Å². The second-order valence-corrected chi connectivity index (χ2v) is 10.9. The Labute approximate surface area is 214 Å². The van der Waals surface area contributed by atoms with Gasteiger partial charge < -0.3 is 10.1 Å². The molecule has 0 aliphatic carbocycles. The number of nitrogens with zero attached hydrogens (tertiary/aromatic N) is 2. The van der Waals surface area contributed by atoms with Gasteiger partial charge in [-0.2, -0.15) is 17.5 Å². The van der Waals surface area contributed by atoms with Crippen LogP contribution in [0.1, 0.15) is 11.4 Å². The highest BCUT2D eigenvalue weighted by molar-refractivity contribution is 7.98. The molecule has 7 nitrogen and oxygen atoms in total. The quantitative estimate of drug-likeness (QED) is 0.181. The van der Waals surface area contributed by atoms with Gasteiger partial charge in [-0.05, 0) is 48.1 Å². The third-order valence-corrected chi connectivity index (χ3v) is 6.85. The van der Waals surface area contributed by atoms with Gasteiger partial charge in [0.2, 0.25) is 0 Å². The summed E-state index contributed by atoms with van der Waals surface area (Å²) in [5.74, 6) is 0.271. The number of sulfone groups is 1. The first-order valence-electron chi connectivity index (χ1n) is 10.1. The zero-order valence-corrected chi connectivity index (χ0v) is 21.5. The lowest BCUT2D eigenvalue weighted by molar-refractivity contribution is -0.136. The maximum Gasteiger partial charge on any atom is 0.418 e. The van der Waals surface area contributed by atoms with E-state index in [0.717, 1.165) is 23.9 Å². The fourth-order valence-electron chi connectivity index (χ4n) is 2.88. The first-order chi connectivity index (χ1) is 16.9. The highest BCUT2D eigenvalue weighted by Gasteiger charge is 2.33. The van der Waals surface area contributed by atoms with Gasteiger partial charge in [0.05, 0.1) is 27.6 Å². The first-order valence-corrected chi connectivity index (χ1v) is 14.1. The van der Waals surface area contributed by atoms with E-state index < -0.39 is 21.6 Å². The van der Waals surface area contributed by atoms with Crippen molar-refractivity contribution in [2.75, 3.05) is 23.8 Å². The zero-order valence-electron chi connectivity index (χ0n) is 19.1. The smallest absolute Gasteiger partial charge is 0.418 e. The van der Waals surface area contributed by atoms with Crippen LogP contribution in [0.25, 0.3) is 16.3 Å². The predicted octanol–water partition coefficient (Wildman–Crippen LogP) is 5.95. The molecule has 0 aliphatic rings. The SMILES string of the molecule is C=C(OCSC)C(=N)/C=C(\Nc1ccccc1C(F)(F)F)c1nsc(-c2cccc(S(C)(=O)=O)c2)n1. The van der Waals surface area contributed by atoms with E-state index in [9.17, 15) is 21.6 Å². The van der Waals surface area contributed by atoms with Crippen LogP contribution in [-0.4, -0.2) is 41.9 Å². The molecule has 0 saturated carbocycles. The second-order valence-electron chi connectivity index (χ2n) is 7.34. The number of ether oxygens (including phenoxy) is 1. The average Bonchev–Trinajstić information content (AvgIpc) is 3.31. The standard InChI is InChI=1S/C23H21F3N4O3S3/c1-14(33-13-34-2)18(27)12-20(28-19-10-5-4-9-17(19)23(24,25)26)21-29-22(35-30-21)15-7-6-8-16(11-15)36(3,31)32/h4-12,27-28H,1,13H2,2-3H3/b20-12-,27-18?. The Morgan fingerprint density at radius 3 is 2.64 bits per heavy atom. The number of allylic oxidation sites excluding steroid dienone is 1. The van der Waals surface area contributed by atoms with Crippen LogP contribution >= 0.6 is 23.3 Å². The van der Waals surface area contributed by atoms with E-state index in [1.807, 2.05) is 0 Å². The molecule has 2 N–H and O–H groups in total. The normalized spacial score (nSPS) is 12.3. The third-order valence-electron chi connectivity index (χ3n) is 4.62. The number of para-hydroxylation sites is 1. The minimum Gasteiger partial charge on any atom is -0.481 e. The van der Waals surface area contributed by atoms with E-state index in [1.165, 1.54) is 48.2 Å². The molecule has 0 atom stereocenters. The van der Waals surface area contributed by atoms with Crippen LogP contribution in [0.4, 0.5) is 18.9 Å². The summed E-state index contributed by atoms with van der Waals surface area (Å²) in [6, 6.07) is 11.0. The molecule has 3 aromatic rings. The van der Waals surface area contributed by atoms with Crippen molar-refractivity contribution in [3.05, 3.63) is 78.3 Å². The van der Waals surface area contributed by atoms with Crippen molar-refractivity contribution in [3.63, 3.8) is 0 Å². The molecule has 3 rings (SSSR count). The number of nitrogens with one attached hydrogen (secondary N) is 2. The molecular weight excluding hydrogens is 533 g/mol. The molecule has 0 amide bonds. The van der Waals surface area contributed by atoms with Crippen LogP contribution in [0.3, 0.4) is 0 Å². The Morgan fingerprint density at radius 2 is 1.97 bits per heavy atom. The first kappa shape index (κ1) is 27.4. The average molecular weight is 555 g/mol. The predicted molar refractivity (Wildman–Crippen MR) is 138 cm³/mol. The summed E-state index contributed by atoms with van der Waals surface area (Å²) in [4.78, 5) is 4.49. The number of aromatic nitrogens is 2. The summed E-state index contributed by atoms with van der Waals surface area (Å²) >= 11 is 2.30. The lowest BCUT2D eigenvalue weighted by Gasteiger charge is -2.15. The molecule has 0 fully saturated rings. The summed E-state index contributed by atoms with van der Waals surface area (Å²) in [6.45, 7) is 3.68. The van der Waals surface area contributed by atoms with Crippen LogP contribution < -0.4 is 5.32 Å². The van der Waals surface area contributed by atoms with Crippen molar-refractivity contribution in [2.45, 2.75) is 11.1 Å². The van der Waals surface area contributed by atoms with Gasteiger partial charge in [-0.1, -0.05) is 30.8 Å². The number of benzene rings is 2. The van der Waals surface area contributed by atoms with Gasteiger partial charge in [0.25, 0.3) is 0 Å². The third kappa shape index (κ3) is 6.95. The minimum absolute atomic E-state index is 0.00682. The van der Waals surface area contributed by atoms with E-state index in [4.69, 9.17) is 10.1 Å². The molecule has 0 radical (unpaired) electrons. The maximum atomic E-state index is 13.6. The van der Waals surface area contributed by atoms with E-state index >= 15 is 0 Å². The molecule has 0 saturated heterocycles. The molecule has 0 unspecified atom stereocenters. The number of hydrogen-bond donors (Lipinski definition) is 2. The van der Waals surface area contributed by atoms with Crippen molar-refractivity contribution in [1.82, 2.24) is 9.36 Å². The minimum atomic E-state index is -4.62. The number of alkyl halides is 3. The largest absolute Gasteiger partial charge is 0.481 e. The molecule has 13 heteroatoms. The Kier molecular flexibility index (Phi) is 8.59. The van der Waals surface area contributed by atoms with Gasteiger partial charge in [0, 0.05) is 11.8 Å². The van der Waals surface area contributed by atoms with Crippen LogP contribution in [0, 0.1) is 5.41 Å². The fourth-order valence-corrected chi connectivity index (χ4v) is 4.48. The van der Waals surface area contributed by atoms with Gasteiger partial charge in [-0.15, -0.1) is 11.8 Å². The van der Waals surface area contributed by atoms with Gasteiger partial charge >= 0.3 is 6.18 Å². The van der Waals surface area contributed by atoms with E-state index in [-0.39, 0.29) is 39.5 Å². The summed E-state index contributed by atoms with van der Waals surface area (Å²) < 4.78 is 74.1. The van der Waals surface area contributed by atoms with Crippen molar-refractivity contribution in [3.8, 4) is 10.6 Å². The van der Waals surface area contributed by atoms with Gasteiger partial charge in [0.1, 0.15) is 16.7 Å². The number of hydrogen-bond acceptors (Lipinski definition) is 9. The molecular formula is C23H21F3N4O3S3. The highest BCUT2D eigenvalue weighted by Crippen LogP contribution is 2.36. The number of rotatable bonds is 10. The molecule has 1 aromatic heterocycles. The van der Waals surface area contributed by atoms with Crippen molar-refractivity contribution in [1.29, 1.82) is 5.41 Å². The number of thioether (sulfide) groups is 1. The van der Waals surface area contributed by atoms with Crippen molar-refractivity contribution < 1.29 is 26.3 Å². The molecule has 2 aromatic carbocycles. The highest BCUT2D eigenvalue weighted by atomic mass is 32.2. The monoisotopic (exact) mass is 554 g/mol.